The predicted octanol–water partition coefficient (Wildman–Crippen LogP) is 1.64. The summed E-state index contributed by atoms with van der Waals surface area (Å²) in [4.78, 5) is 6.94. The molecule has 2 aromatic rings. The van der Waals surface area contributed by atoms with E-state index in [4.69, 9.17) is 15.5 Å². The van der Waals surface area contributed by atoms with Crippen molar-refractivity contribution in [2.45, 2.75) is 26.4 Å². The van der Waals surface area contributed by atoms with Crippen LogP contribution in [-0.4, -0.2) is 48.3 Å². The largest absolute Gasteiger partial charge is 0.378 e. The lowest BCUT2D eigenvalue weighted by Crippen LogP contribution is -2.18. The minimum absolute atomic E-state index is 0.565. The third-order valence-corrected chi connectivity index (χ3v) is 3.48. The van der Waals surface area contributed by atoms with Crippen LogP contribution in [0.25, 0.3) is 11.0 Å². The Morgan fingerprint density at radius 2 is 2.10 bits per heavy atom. The predicted molar refractivity (Wildman–Crippen MR) is 86.4 cm³/mol. The normalized spacial score (nSPS) is 11.7. The molecule has 0 aliphatic carbocycles. The van der Waals surface area contributed by atoms with Crippen molar-refractivity contribution < 1.29 is 4.74 Å². The number of imidazole rings is 1. The van der Waals surface area contributed by atoms with Gasteiger partial charge >= 0.3 is 0 Å². The topological polar surface area (TPSA) is 56.3 Å². The Balaban J connectivity index is 2.28. The van der Waals surface area contributed by atoms with Gasteiger partial charge in [-0.2, -0.15) is 0 Å². The molecular formula is C16H26N4O. The molecule has 2 N–H and O–H groups in total. The number of nitrogens with two attached hydrogens (primary N) is 1. The number of hydrogen-bond acceptors (Lipinski definition) is 4. The minimum atomic E-state index is 0.565. The molecule has 0 radical (unpaired) electrons. The van der Waals surface area contributed by atoms with Crippen LogP contribution in [0.15, 0.2) is 18.2 Å². The number of rotatable bonds is 8. The van der Waals surface area contributed by atoms with E-state index in [1.165, 1.54) is 11.1 Å². The van der Waals surface area contributed by atoms with Crippen molar-refractivity contribution in [3.8, 4) is 0 Å². The fourth-order valence-electron chi connectivity index (χ4n) is 2.44. The van der Waals surface area contributed by atoms with Crippen molar-refractivity contribution in [1.82, 2.24) is 14.5 Å². The first-order valence-corrected chi connectivity index (χ1v) is 7.56. The quantitative estimate of drug-likeness (QED) is 0.751. The lowest BCUT2D eigenvalue weighted by atomic mass is 10.1. The summed E-state index contributed by atoms with van der Waals surface area (Å²) in [5.41, 5.74) is 9.03. The summed E-state index contributed by atoms with van der Waals surface area (Å²) in [7, 11) is 4.12. The van der Waals surface area contributed by atoms with Gasteiger partial charge in [-0.3, -0.25) is 0 Å². The first-order chi connectivity index (χ1) is 10.2. The number of fused-ring (bicyclic) bond motifs is 1. The number of hydrogen-bond donors (Lipinski definition) is 1. The third-order valence-electron chi connectivity index (χ3n) is 3.48. The molecule has 0 amide bonds. The summed E-state index contributed by atoms with van der Waals surface area (Å²) in [6.45, 7) is 5.64. The Bertz CT molecular complexity index is 577. The highest BCUT2D eigenvalue weighted by atomic mass is 16.5. The Labute approximate surface area is 126 Å². The van der Waals surface area contributed by atoms with Crippen molar-refractivity contribution in [3.05, 3.63) is 29.6 Å². The van der Waals surface area contributed by atoms with Gasteiger partial charge in [-0.25, -0.2) is 4.98 Å². The highest BCUT2D eigenvalue weighted by molar-refractivity contribution is 5.77. The van der Waals surface area contributed by atoms with E-state index in [1.807, 2.05) is 0 Å². The second-order valence-electron chi connectivity index (χ2n) is 5.50. The van der Waals surface area contributed by atoms with Gasteiger partial charge in [0.2, 0.25) is 0 Å². The molecule has 0 bridgehead atoms. The zero-order valence-corrected chi connectivity index (χ0v) is 13.3. The van der Waals surface area contributed by atoms with E-state index >= 15 is 0 Å². The molecule has 1 heterocycles. The van der Waals surface area contributed by atoms with Gasteiger partial charge in [0.1, 0.15) is 5.82 Å². The maximum absolute atomic E-state index is 5.52. The monoisotopic (exact) mass is 290 g/mol. The van der Waals surface area contributed by atoms with Gasteiger partial charge in [0, 0.05) is 13.1 Å². The van der Waals surface area contributed by atoms with Gasteiger partial charge in [0.05, 0.1) is 30.8 Å². The van der Waals surface area contributed by atoms with Gasteiger partial charge in [-0.05, 0) is 38.2 Å². The van der Waals surface area contributed by atoms with E-state index in [-0.39, 0.29) is 0 Å². The van der Waals surface area contributed by atoms with Gasteiger partial charge in [-0.15, -0.1) is 0 Å². The number of aromatic nitrogens is 2. The summed E-state index contributed by atoms with van der Waals surface area (Å²) >= 11 is 0. The molecule has 0 fully saturated rings. The maximum Gasteiger partial charge on any atom is 0.124 e. The van der Waals surface area contributed by atoms with Crippen LogP contribution in [0.5, 0.6) is 0 Å². The highest BCUT2D eigenvalue weighted by Gasteiger charge is 2.11. The summed E-state index contributed by atoms with van der Waals surface area (Å²) in [6.07, 6.45) is 1.03. The Hall–Kier alpha value is -1.43. The Morgan fingerprint density at radius 3 is 2.76 bits per heavy atom. The Kier molecular flexibility index (Phi) is 5.73. The molecule has 0 aliphatic heterocycles. The molecule has 0 atom stereocenters. The standard InChI is InChI=1S/C16H26N4O/c1-4-13-5-6-15-14(11-13)18-16(12-19(2)3)20(15)8-10-21-9-7-17/h5-6,11H,4,7-10,12,17H2,1-3H3. The molecule has 0 spiro atoms. The average molecular weight is 290 g/mol. The van der Waals surface area contributed by atoms with E-state index in [2.05, 4.69) is 48.7 Å². The van der Waals surface area contributed by atoms with Crippen LogP contribution in [0.2, 0.25) is 0 Å². The van der Waals surface area contributed by atoms with E-state index in [9.17, 15) is 0 Å². The fraction of sp³-hybridized carbons (Fsp3) is 0.562. The zero-order valence-electron chi connectivity index (χ0n) is 13.3. The van der Waals surface area contributed by atoms with Crippen LogP contribution in [-0.2, 0) is 24.2 Å². The fourth-order valence-corrected chi connectivity index (χ4v) is 2.44. The van der Waals surface area contributed by atoms with Crippen LogP contribution in [0.3, 0.4) is 0 Å². The molecule has 5 heteroatoms. The summed E-state index contributed by atoms with van der Waals surface area (Å²) in [6, 6.07) is 6.54. The molecular weight excluding hydrogens is 264 g/mol. The van der Waals surface area contributed by atoms with E-state index in [1.54, 1.807) is 0 Å². The van der Waals surface area contributed by atoms with Crippen LogP contribution in [0.1, 0.15) is 18.3 Å². The van der Waals surface area contributed by atoms with Gasteiger partial charge in [0.15, 0.2) is 0 Å². The SMILES string of the molecule is CCc1ccc2c(c1)nc(CN(C)C)n2CCOCCN. The van der Waals surface area contributed by atoms with Crippen LogP contribution < -0.4 is 5.73 Å². The zero-order chi connectivity index (χ0) is 15.2. The second kappa shape index (κ2) is 7.54. The van der Waals surface area contributed by atoms with Gasteiger partial charge in [-0.1, -0.05) is 13.0 Å². The van der Waals surface area contributed by atoms with Crippen molar-refractivity contribution in [2.75, 3.05) is 33.9 Å². The highest BCUT2D eigenvalue weighted by Crippen LogP contribution is 2.19. The molecule has 0 saturated carbocycles. The van der Waals surface area contributed by atoms with Crippen molar-refractivity contribution in [1.29, 1.82) is 0 Å². The first kappa shape index (κ1) is 15.9. The van der Waals surface area contributed by atoms with Crippen molar-refractivity contribution >= 4 is 11.0 Å². The molecule has 2 rings (SSSR count). The van der Waals surface area contributed by atoms with Gasteiger partial charge < -0.3 is 19.9 Å². The van der Waals surface area contributed by atoms with E-state index in [0.29, 0.717) is 19.8 Å². The number of ether oxygens (including phenoxy) is 1. The molecule has 0 aliphatic rings. The van der Waals surface area contributed by atoms with E-state index in [0.717, 1.165) is 30.9 Å². The lowest BCUT2D eigenvalue weighted by Gasteiger charge is -2.13. The van der Waals surface area contributed by atoms with Crippen molar-refractivity contribution in [2.24, 2.45) is 5.73 Å². The Morgan fingerprint density at radius 1 is 1.29 bits per heavy atom. The molecule has 0 saturated heterocycles. The summed E-state index contributed by atoms with van der Waals surface area (Å²) in [5.74, 6) is 1.08. The average Bonchev–Trinajstić information content (AvgIpc) is 2.79. The molecule has 1 aromatic heterocycles. The summed E-state index contributed by atoms with van der Waals surface area (Å²) in [5, 5.41) is 0. The van der Waals surface area contributed by atoms with Crippen LogP contribution in [0, 0.1) is 0 Å². The summed E-state index contributed by atoms with van der Waals surface area (Å²) < 4.78 is 7.78. The molecule has 1 aromatic carbocycles. The molecule has 21 heavy (non-hydrogen) atoms. The van der Waals surface area contributed by atoms with Crippen LogP contribution in [0.4, 0.5) is 0 Å². The first-order valence-electron chi connectivity index (χ1n) is 7.56. The second-order valence-corrected chi connectivity index (χ2v) is 5.50. The lowest BCUT2D eigenvalue weighted by molar-refractivity contribution is 0.133. The molecule has 5 nitrogen and oxygen atoms in total. The maximum atomic E-state index is 5.52. The number of aryl methyl sites for hydroxylation is 1. The number of benzene rings is 1. The van der Waals surface area contributed by atoms with Gasteiger partial charge in [0.25, 0.3) is 0 Å². The smallest absolute Gasteiger partial charge is 0.124 e. The van der Waals surface area contributed by atoms with Crippen LogP contribution >= 0.6 is 0 Å². The van der Waals surface area contributed by atoms with Crippen molar-refractivity contribution in [3.63, 3.8) is 0 Å². The third kappa shape index (κ3) is 4.03. The van der Waals surface area contributed by atoms with E-state index < -0.39 is 0 Å². The molecule has 0 unspecified atom stereocenters. The minimum Gasteiger partial charge on any atom is -0.378 e. The number of nitrogens with zero attached hydrogens (tertiary/aromatic N) is 3. The molecule has 116 valence electrons.